The van der Waals surface area contributed by atoms with Crippen molar-refractivity contribution in [2.45, 2.75) is 42.5 Å². The number of carbonyl (C=O) groups is 4. The van der Waals surface area contributed by atoms with E-state index in [1.165, 1.54) is 28.8 Å². The van der Waals surface area contributed by atoms with E-state index in [4.69, 9.17) is 9.47 Å². The van der Waals surface area contributed by atoms with Crippen LogP contribution in [0.2, 0.25) is 0 Å². The fourth-order valence-electron chi connectivity index (χ4n) is 2.90. The van der Waals surface area contributed by atoms with E-state index in [2.05, 4.69) is 18.5 Å². The van der Waals surface area contributed by atoms with Crippen molar-refractivity contribution in [2.75, 3.05) is 13.2 Å². The minimum absolute atomic E-state index is 0.0173. The van der Waals surface area contributed by atoms with E-state index in [1.807, 2.05) is 13.8 Å². The van der Waals surface area contributed by atoms with Gasteiger partial charge in [0.2, 0.25) is 11.8 Å². The molecule has 0 bridgehead atoms. The lowest BCUT2D eigenvalue weighted by Crippen LogP contribution is -2.70. The number of carbonyl (C=O) groups excluding carboxylic acids is 4. The first-order chi connectivity index (χ1) is 12.2. The zero-order valence-electron chi connectivity index (χ0n) is 14.7. The number of esters is 2. The number of nitrogens with one attached hydrogen (secondary N) is 1. The zero-order chi connectivity index (χ0) is 19.5. The summed E-state index contributed by atoms with van der Waals surface area (Å²) in [5.41, 5.74) is 0. The van der Waals surface area contributed by atoms with Gasteiger partial charge in [-0.25, -0.2) is 4.79 Å². The molecule has 26 heavy (non-hydrogen) atoms. The van der Waals surface area contributed by atoms with E-state index in [0.29, 0.717) is 0 Å². The Hall–Kier alpha value is -2.29. The predicted molar refractivity (Wildman–Crippen MR) is 95.0 cm³/mol. The lowest BCUT2D eigenvalue weighted by Gasteiger charge is -2.43. The van der Waals surface area contributed by atoms with Crippen molar-refractivity contribution in [1.29, 1.82) is 0 Å². The summed E-state index contributed by atoms with van der Waals surface area (Å²) in [6.07, 6.45) is 2.37. The average molecular weight is 382 g/mol. The number of amides is 2. The van der Waals surface area contributed by atoms with Crippen LogP contribution in [-0.2, 0) is 28.7 Å². The van der Waals surface area contributed by atoms with Crippen LogP contribution in [0.4, 0.5) is 0 Å². The van der Waals surface area contributed by atoms with Gasteiger partial charge in [0.15, 0.2) is 0 Å². The van der Waals surface area contributed by atoms with Crippen LogP contribution in [0.15, 0.2) is 25.3 Å². The Kier molecular flexibility index (Phi) is 6.12. The van der Waals surface area contributed by atoms with Crippen molar-refractivity contribution in [2.24, 2.45) is 0 Å². The second-order valence-electron chi connectivity index (χ2n) is 6.37. The van der Waals surface area contributed by atoms with Crippen molar-refractivity contribution in [3.05, 3.63) is 25.3 Å². The van der Waals surface area contributed by atoms with E-state index in [9.17, 15) is 19.2 Å². The van der Waals surface area contributed by atoms with Crippen LogP contribution >= 0.6 is 11.8 Å². The summed E-state index contributed by atoms with van der Waals surface area (Å²) in [5.74, 6) is -2.18. The lowest BCUT2D eigenvalue weighted by molar-refractivity contribution is -0.163. The van der Waals surface area contributed by atoms with Crippen LogP contribution in [0, 0.1) is 0 Å². The first-order valence-electron chi connectivity index (χ1n) is 8.06. The molecule has 0 aromatic heterocycles. The normalized spacial score (nSPS) is 25.5. The van der Waals surface area contributed by atoms with Gasteiger partial charge in [-0.3, -0.25) is 14.4 Å². The Labute approximate surface area is 155 Å². The maximum absolute atomic E-state index is 12.5. The number of nitrogens with zero attached hydrogens (tertiary/aromatic N) is 1. The van der Waals surface area contributed by atoms with Gasteiger partial charge in [-0.1, -0.05) is 25.3 Å². The van der Waals surface area contributed by atoms with Gasteiger partial charge < -0.3 is 19.7 Å². The molecule has 2 heterocycles. The second kappa shape index (κ2) is 7.94. The molecular weight excluding hydrogens is 360 g/mol. The predicted octanol–water partition coefficient (Wildman–Crippen LogP) is 0.382. The third-order valence-electron chi connectivity index (χ3n) is 3.99. The van der Waals surface area contributed by atoms with Crippen molar-refractivity contribution >= 4 is 35.5 Å². The highest BCUT2D eigenvalue weighted by molar-refractivity contribution is 8.01. The van der Waals surface area contributed by atoms with Crippen LogP contribution < -0.4 is 5.32 Å². The molecule has 2 rings (SSSR count). The first-order valence-corrected chi connectivity index (χ1v) is 8.94. The smallest absolute Gasteiger partial charge is 0.330 e. The Morgan fingerprint density at radius 1 is 1.23 bits per heavy atom. The Morgan fingerprint density at radius 2 is 1.85 bits per heavy atom. The molecule has 2 amide bonds. The largest absolute Gasteiger partial charge is 0.461 e. The molecule has 2 aliphatic heterocycles. The van der Waals surface area contributed by atoms with Gasteiger partial charge in [0, 0.05) is 4.75 Å². The molecule has 0 spiro atoms. The quantitative estimate of drug-likeness (QED) is 0.280. The summed E-state index contributed by atoms with van der Waals surface area (Å²) in [6, 6.07) is -1.52. The highest BCUT2D eigenvalue weighted by Gasteiger charge is 2.64. The monoisotopic (exact) mass is 382 g/mol. The minimum atomic E-state index is -0.781. The summed E-state index contributed by atoms with van der Waals surface area (Å²) >= 11 is 1.41. The maximum Gasteiger partial charge on any atom is 0.330 e. The molecule has 0 aliphatic carbocycles. The number of β-lactam (4-membered cyclic amide) rings is 1. The summed E-state index contributed by atoms with van der Waals surface area (Å²) in [6.45, 7) is 10.7. The van der Waals surface area contributed by atoms with Crippen molar-refractivity contribution in [1.82, 2.24) is 10.2 Å². The molecule has 0 saturated carbocycles. The van der Waals surface area contributed by atoms with Gasteiger partial charge >= 0.3 is 11.9 Å². The maximum atomic E-state index is 12.5. The minimum Gasteiger partial charge on any atom is -0.461 e. The Balaban J connectivity index is 1.98. The molecule has 0 aromatic carbocycles. The highest BCUT2D eigenvalue weighted by atomic mass is 32.2. The van der Waals surface area contributed by atoms with Gasteiger partial charge in [0.1, 0.15) is 37.1 Å². The molecule has 2 fully saturated rings. The van der Waals surface area contributed by atoms with Crippen LogP contribution in [0.25, 0.3) is 0 Å². The zero-order valence-corrected chi connectivity index (χ0v) is 15.5. The number of hydrogen-bond donors (Lipinski definition) is 1. The molecule has 142 valence electrons. The molecule has 1 unspecified atom stereocenters. The molecule has 2 saturated heterocycles. The second-order valence-corrected chi connectivity index (χ2v) is 8.14. The molecule has 1 N–H and O–H groups in total. The van der Waals surface area contributed by atoms with E-state index < -0.39 is 41.1 Å². The van der Waals surface area contributed by atoms with Gasteiger partial charge in [-0.15, -0.1) is 11.8 Å². The van der Waals surface area contributed by atoms with E-state index in [0.717, 1.165) is 0 Å². The highest BCUT2D eigenvalue weighted by Crippen LogP contribution is 2.51. The first kappa shape index (κ1) is 20.0. The Bertz CT molecular complexity index is 647. The fourth-order valence-corrected chi connectivity index (χ4v) is 4.53. The molecule has 3 atom stereocenters. The summed E-state index contributed by atoms with van der Waals surface area (Å²) < 4.78 is 9.27. The van der Waals surface area contributed by atoms with Crippen molar-refractivity contribution in [3.8, 4) is 0 Å². The van der Waals surface area contributed by atoms with Crippen LogP contribution in [0.1, 0.15) is 20.3 Å². The number of hydrogen-bond acceptors (Lipinski definition) is 7. The number of ether oxygens (including phenoxy) is 2. The van der Waals surface area contributed by atoms with Gasteiger partial charge in [0.05, 0.1) is 0 Å². The number of thioether (sulfide) groups is 1. The molecule has 9 heteroatoms. The average Bonchev–Trinajstić information content (AvgIpc) is 2.83. The van der Waals surface area contributed by atoms with Crippen LogP contribution in [0.5, 0.6) is 0 Å². The van der Waals surface area contributed by atoms with Crippen molar-refractivity contribution < 1.29 is 28.7 Å². The topological polar surface area (TPSA) is 102 Å². The van der Waals surface area contributed by atoms with E-state index in [-0.39, 0.29) is 24.5 Å². The molecule has 8 nitrogen and oxygen atoms in total. The van der Waals surface area contributed by atoms with Gasteiger partial charge in [-0.05, 0) is 13.8 Å². The number of rotatable bonds is 8. The summed E-state index contributed by atoms with van der Waals surface area (Å²) in [7, 11) is 0. The number of fused-ring (bicyclic) bond motifs is 1. The summed E-state index contributed by atoms with van der Waals surface area (Å²) in [5, 5.41) is 2.16. The molecule has 2 aliphatic rings. The molecule has 0 radical (unpaired) electrons. The van der Waals surface area contributed by atoms with Crippen LogP contribution in [-0.4, -0.2) is 64.1 Å². The fraction of sp³-hybridized carbons (Fsp3) is 0.529. The van der Waals surface area contributed by atoms with Gasteiger partial charge in [-0.2, -0.15) is 0 Å². The van der Waals surface area contributed by atoms with E-state index in [1.54, 1.807) is 0 Å². The SMILES string of the molecule is C=CCOC(=O)CC(=O)N[C@@H]1C(=O)N2C(C(=O)OCC=C)C(C)(C)S[C@@H]12. The summed E-state index contributed by atoms with van der Waals surface area (Å²) in [4.78, 5) is 49.6. The standard InChI is InChI=1S/C17H22N2O6S/c1-5-7-24-11(21)9-10(20)18-12-14(22)19-13(16(23)25-8-6-2)17(3,4)26-15(12)19/h5-6,12-13,15H,1-2,7-9H2,3-4H3,(H,18,20)/t12-,13?,15+/m1/s1. The lowest BCUT2D eigenvalue weighted by atomic mass is 9.96. The Morgan fingerprint density at radius 3 is 2.46 bits per heavy atom. The van der Waals surface area contributed by atoms with Gasteiger partial charge in [0.25, 0.3) is 0 Å². The van der Waals surface area contributed by atoms with E-state index >= 15 is 0 Å². The van der Waals surface area contributed by atoms with Crippen molar-refractivity contribution in [3.63, 3.8) is 0 Å². The molecular formula is C17H22N2O6S. The molecule has 0 aromatic rings. The van der Waals surface area contributed by atoms with Crippen LogP contribution in [0.3, 0.4) is 0 Å². The third kappa shape index (κ3) is 3.92. The third-order valence-corrected chi connectivity index (χ3v) is 5.56.